The van der Waals surface area contributed by atoms with Crippen LogP contribution < -0.4 is 11.1 Å². The molecule has 0 aliphatic heterocycles. The zero-order chi connectivity index (χ0) is 14.7. The molecule has 1 amide bonds. The Hall–Kier alpha value is -2.50. The lowest BCUT2D eigenvalue weighted by Crippen LogP contribution is -2.24. The van der Waals surface area contributed by atoms with E-state index >= 15 is 0 Å². The second-order valence-corrected chi connectivity index (χ2v) is 4.51. The topological polar surface area (TPSA) is 80.9 Å². The third kappa shape index (κ3) is 2.90. The van der Waals surface area contributed by atoms with Gasteiger partial charge in [-0.15, -0.1) is 0 Å². The van der Waals surface area contributed by atoms with Crippen LogP contribution in [0.15, 0.2) is 24.7 Å². The number of halogens is 1. The van der Waals surface area contributed by atoms with Crippen molar-refractivity contribution in [1.29, 1.82) is 0 Å². The third-order valence-electron chi connectivity index (χ3n) is 3.01. The summed E-state index contributed by atoms with van der Waals surface area (Å²) < 4.78 is 13.5. The molecule has 0 bridgehead atoms. The Bertz CT molecular complexity index is 634. The maximum atomic E-state index is 13.5. The highest BCUT2D eigenvalue weighted by Gasteiger charge is 2.10. The summed E-state index contributed by atoms with van der Waals surface area (Å²) in [6, 6.07) is 3.06. The van der Waals surface area contributed by atoms with Crippen LogP contribution in [-0.4, -0.2) is 15.9 Å². The molecule has 2 aromatic rings. The maximum absolute atomic E-state index is 13.5. The van der Waals surface area contributed by atoms with Crippen molar-refractivity contribution in [2.24, 2.45) is 0 Å². The molecule has 0 fully saturated rings. The number of benzene rings is 1. The summed E-state index contributed by atoms with van der Waals surface area (Å²) in [5, 5.41) is 2.70. The lowest BCUT2D eigenvalue weighted by atomic mass is 10.1. The maximum Gasteiger partial charge on any atom is 0.254 e. The number of nitrogens with two attached hydrogens (primary N) is 1. The van der Waals surface area contributed by atoms with E-state index in [-0.39, 0.29) is 18.1 Å². The van der Waals surface area contributed by atoms with Crippen LogP contribution in [0, 0.1) is 19.7 Å². The number of aryl methyl sites for hydroxylation is 2. The number of hydrogen-bond acceptors (Lipinski definition) is 4. The van der Waals surface area contributed by atoms with Crippen molar-refractivity contribution >= 4 is 11.6 Å². The highest BCUT2D eigenvalue weighted by Crippen LogP contribution is 2.17. The number of nitrogens with one attached hydrogen (secondary N) is 1. The number of aromatic nitrogens is 2. The fourth-order valence-corrected chi connectivity index (χ4v) is 1.82. The third-order valence-corrected chi connectivity index (χ3v) is 3.01. The van der Waals surface area contributed by atoms with E-state index in [2.05, 4.69) is 15.3 Å². The standard InChI is InChI=1S/C14H15FN4O/c1-8-3-10(4-12(15)13(8)16)5-18-14(20)11-6-17-7-19-9(11)2/h3-4,6-7H,5,16H2,1-2H3,(H,18,20). The Balaban J connectivity index is 2.10. The SMILES string of the molecule is Cc1cc(CNC(=O)c2cncnc2C)cc(F)c1N. The summed E-state index contributed by atoms with van der Waals surface area (Å²) in [6.07, 6.45) is 2.83. The largest absolute Gasteiger partial charge is 0.396 e. The lowest BCUT2D eigenvalue weighted by Gasteiger charge is -2.09. The van der Waals surface area contributed by atoms with Gasteiger partial charge >= 0.3 is 0 Å². The van der Waals surface area contributed by atoms with Crippen molar-refractivity contribution in [1.82, 2.24) is 15.3 Å². The van der Waals surface area contributed by atoms with E-state index in [4.69, 9.17) is 5.73 Å². The van der Waals surface area contributed by atoms with E-state index in [0.717, 1.165) is 0 Å². The van der Waals surface area contributed by atoms with Gasteiger partial charge in [-0.25, -0.2) is 14.4 Å². The van der Waals surface area contributed by atoms with Gasteiger partial charge in [0.2, 0.25) is 0 Å². The predicted octanol–water partition coefficient (Wildman–Crippen LogP) is 1.74. The fraction of sp³-hybridized carbons (Fsp3) is 0.214. The molecule has 3 N–H and O–H groups in total. The Morgan fingerprint density at radius 2 is 2.15 bits per heavy atom. The summed E-state index contributed by atoms with van der Waals surface area (Å²) in [5.41, 5.74) is 7.96. The van der Waals surface area contributed by atoms with Crippen molar-refractivity contribution in [3.8, 4) is 0 Å². The zero-order valence-electron chi connectivity index (χ0n) is 11.3. The summed E-state index contributed by atoms with van der Waals surface area (Å²) in [4.78, 5) is 19.7. The molecule has 104 valence electrons. The number of hydrogen-bond donors (Lipinski definition) is 2. The molecule has 0 radical (unpaired) electrons. The van der Waals surface area contributed by atoms with Crippen LogP contribution in [0.1, 0.15) is 27.2 Å². The van der Waals surface area contributed by atoms with Gasteiger partial charge in [0.05, 0.1) is 16.9 Å². The molecular formula is C14H15FN4O. The number of amides is 1. The number of nitrogen functional groups attached to an aromatic ring is 1. The molecule has 1 aromatic heterocycles. The van der Waals surface area contributed by atoms with Gasteiger partial charge < -0.3 is 11.1 Å². The van der Waals surface area contributed by atoms with Crippen molar-refractivity contribution < 1.29 is 9.18 Å². The molecule has 0 aliphatic rings. The Morgan fingerprint density at radius 1 is 1.40 bits per heavy atom. The molecule has 1 heterocycles. The molecule has 0 spiro atoms. The van der Waals surface area contributed by atoms with Gasteiger partial charge in [-0.2, -0.15) is 0 Å². The van der Waals surface area contributed by atoms with Gasteiger partial charge in [-0.3, -0.25) is 4.79 Å². The Kier molecular flexibility index (Phi) is 3.93. The van der Waals surface area contributed by atoms with Gasteiger partial charge in [-0.05, 0) is 31.0 Å². The smallest absolute Gasteiger partial charge is 0.254 e. The quantitative estimate of drug-likeness (QED) is 0.835. The minimum atomic E-state index is -0.478. The molecule has 0 atom stereocenters. The number of anilines is 1. The average Bonchev–Trinajstić information content (AvgIpc) is 2.42. The van der Waals surface area contributed by atoms with E-state index in [1.807, 2.05) is 0 Å². The van der Waals surface area contributed by atoms with E-state index in [0.29, 0.717) is 22.4 Å². The van der Waals surface area contributed by atoms with Crippen molar-refractivity contribution in [3.63, 3.8) is 0 Å². The molecule has 2 rings (SSSR count). The summed E-state index contributed by atoms with van der Waals surface area (Å²) >= 11 is 0. The number of carbonyl (C=O) groups is 1. The average molecular weight is 274 g/mol. The summed E-state index contributed by atoms with van der Waals surface area (Å²) in [5.74, 6) is -0.772. The van der Waals surface area contributed by atoms with Crippen LogP contribution in [0.3, 0.4) is 0 Å². The van der Waals surface area contributed by atoms with Crippen LogP contribution >= 0.6 is 0 Å². The summed E-state index contributed by atoms with van der Waals surface area (Å²) in [7, 11) is 0. The molecule has 0 saturated heterocycles. The highest BCUT2D eigenvalue weighted by molar-refractivity contribution is 5.94. The van der Waals surface area contributed by atoms with Gasteiger partial charge in [0.15, 0.2) is 0 Å². The van der Waals surface area contributed by atoms with Gasteiger partial charge in [0, 0.05) is 12.7 Å². The second-order valence-electron chi connectivity index (χ2n) is 4.51. The molecule has 5 nitrogen and oxygen atoms in total. The molecule has 0 unspecified atom stereocenters. The van der Waals surface area contributed by atoms with Gasteiger partial charge in [0.25, 0.3) is 5.91 Å². The van der Waals surface area contributed by atoms with Crippen LogP contribution in [0.2, 0.25) is 0 Å². The first-order chi connectivity index (χ1) is 9.49. The molecular weight excluding hydrogens is 259 g/mol. The van der Waals surface area contributed by atoms with Crippen LogP contribution in [0.25, 0.3) is 0 Å². The van der Waals surface area contributed by atoms with E-state index < -0.39 is 5.82 Å². The number of rotatable bonds is 3. The summed E-state index contributed by atoms with van der Waals surface area (Å²) in [6.45, 7) is 3.66. The first-order valence-electron chi connectivity index (χ1n) is 6.08. The minimum absolute atomic E-state index is 0.132. The van der Waals surface area contributed by atoms with Gasteiger partial charge in [-0.1, -0.05) is 6.07 Å². The fourth-order valence-electron chi connectivity index (χ4n) is 1.82. The lowest BCUT2D eigenvalue weighted by molar-refractivity contribution is 0.0949. The monoisotopic (exact) mass is 274 g/mol. The molecule has 0 saturated carbocycles. The first kappa shape index (κ1) is 13.9. The molecule has 20 heavy (non-hydrogen) atoms. The van der Waals surface area contributed by atoms with Crippen molar-refractivity contribution in [2.75, 3.05) is 5.73 Å². The Labute approximate surface area is 116 Å². The van der Waals surface area contributed by atoms with E-state index in [9.17, 15) is 9.18 Å². The van der Waals surface area contributed by atoms with Crippen LogP contribution in [0.5, 0.6) is 0 Å². The van der Waals surface area contributed by atoms with Crippen molar-refractivity contribution in [2.45, 2.75) is 20.4 Å². The zero-order valence-corrected chi connectivity index (χ0v) is 11.3. The molecule has 6 heteroatoms. The highest BCUT2D eigenvalue weighted by atomic mass is 19.1. The first-order valence-corrected chi connectivity index (χ1v) is 6.08. The van der Waals surface area contributed by atoms with Crippen LogP contribution in [-0.2, 0) is 6.54 Å². The predicted molar refractivity (Wildman–Crippen MR) is 73.5 cm³/mol. The second kappa shape index (κ2) is 5.64. The molecule has 0 aliphatic carbocycles. The normalized spacial score (nSPS) is 10.3. The van der Waals surface area contributed by atoms with E-state index in [1.165, 1.54) is 18.6 Å². The number of nitrogens with zero attached hydrogens (tertiary/aromatic N) is 2. The number of carbonyl (C=O) groups excluding carboxylic acids is 1. The Morgan fingerprint density at radius 3 is 2.80 bits per heavy atom. The van der Waals surface area contributed by atoms with Gasteiger partial charge in [0.1, 0.15) is 12.1 Å². The van der Waals surface area contributed by atoms with Crippen molar-refractivity contribution in [3.05, 3.63) is 52.9 Å². The molecule has 1 aromatic carbocycles. The minimum Gasteiger partial charge on any atom is -0.396 e. The van der Waals surface area contributed by atoms with E-state index in [1.54, 1.807) is 19.9 Å². The van der Waals surface area contributed by atoms with Crippen LogP contribution in [0.4, 0.5) is 10.1 Å².